The fourth-order valence-corrected chi connectivity index (χ4v) is 2.52. The molecule has 0 aliphatic carbocycles. The van der Waals surface area contributed by atoms with Crippen LogP contribution >= 0.6 is 0 Å². The Morgan fingerprint density at radius 2 is 2.16 bits per heavy atom. The van der Waals surface area contributed by atoms with E-state index in [9.17, 15) is 0 Å². The Morgan fingerprint density at radius 3 is 2.95 bits per heavy atom. The summed E-state index contributed by atoms with van der Waals surface area (Å²) in [4.78, 5) is 14.6. The summed E-state index contributed by atoms with van der Waals surface area (Å²) < 4.78 is 2.12. The van der Waals surface area contributed by atoms with Gasteiger partial charge in [-0.15, -0.1) is 0 Å². The molecule has 19 heavy (non-hydrogen) atoms. The number of aromatic nitrogens is 4. The molecule has 0 spiro atoms. The molecule has 0 N–H and O–H groups in total. The Hall–Kier alpha value is -2.42. The van der Waals surface area contributed by atoms with Crippen LogP contribution in [0.25, 0.3) is 0 Å². The second-order valence-electron chi connectivity index (χ2n) is 4.59. The third-order valence-electron chi connectivity index (χ3n) is 3.43. The Kier molecular flexibility index (Phi) is 3.11. The van der Waals surface area contributed by atoms with Crippen LogP contribution < -0.4 is 4.90 Å². The molecule has 1 aliphatic rings. The van der Waals surface area contributed by atoms with Gasteiger partial charge in [0.1, 0.15) is 6.07 Å². The van der Waals surface area contributed by atoms with Crippen LogP contribution in [0.1, 0.15) is 24.6 Å². The fourth-order valence-electron chi connectivity index (χ4n) is 2.52. The number of hydrogen-bond donors (Lipinski definition) is 0. The highest BCUT2D eigenvalue weighted by atomic mass is 15.2. The molecule has 1 fully saturated rings. The van der Waals surface area contributed by atoms with E-state index in [0.717, 1.165) is 25.9 Å². The quantitative estimate of drug-likeness (QED) is 0.809. The first kappa shape index (κ1) is 11.7. The Balaban J connectivity index is 1.84. The lowest BCUT2D eigenvalue weighted by molar-refractivity contribution is 0.403. The summed E-state index contributed by atoms with van der Waals surface area (Å²) in [6.45, 7) is 1.75. The van der Waals surface area contributed by atoms with Crippen molar-refractivity contribution in [3.63, 3.8) is 0 Å². The average Bonchev–Trinajstić information content (AvgIpc) is 3.01. The Bertz CT molecular complexity index is 585. The molecule has 1 unspecified atom stereocenters. The monoisotopic (exact) mass is 254 g/mol. The summed E-state index contributed by atoms with van der Waals surface area (Å²) in [7, 11) is 0. The zero-order valence-electron chi connectivity index (χ0n) is 10.5. The zero-order valence-corrected chi connectivity index (χ0v) is 10.5. The number of hydrogen-bond acceptors (Lipinski definition) is 5. The molecule has 3 rings (SSSR count). The SMILES string of the molecule is N#Cc1nccnc1N1CCCC(n2ccnc2)C1. The Labute approximate surface area is 111 Å². The van der Waals surface area contributed by atoms with Gasteiger partial charge in [0, 0.05) is 37.9 Å². The van der Waals surface area contributed by atoms with E-state index in [1.807, 2.05) is 12.5 Å². The minimum atomic E-state index is 0.379. The second kappa shape index (κ2) is 5.06. The first-order valence-corrected chi connectivity index (χ1v) is 6.32. The van der Waals surface area contributed by atoms with Gasteiger partial charge in [0.15, 0.2) is 11.5 Å². The van der Waals surface area contributed by atoms with Gasteiger partial charge in [0.25, 0.3) is 0 Å². The lowest BCUT2D eigenvalue weighted by Gasteiger charge is -2.34. The highest BCUT2D eigenvalue weighted by Crippen LogP contribution is 2.25. The molecule has 6 nitrogen and oxygen atoms in total. The van der Waals surface area contributed by atoms with E-state index in [1.54, 1.807) is 18.6 Å². The fraction of sp³-hybridized carbons (Fsp3) is 0.385. The van der Waals surface area contributed by atoms with E-state index < -0.39 is 0 Å². The molecule has 2 aromatic heterocycles. The highest BCUT2D eigenvalue weighted by molar-refractivity contribution is 5.49. The van der Waals surface area contributed by atoms with Gasteiger partial charge in [-0.05, 0) is 12.8 Å². The molecule has 6 heteroatoms. The minimum absolute atomic E-state index is 0.379. The maximum Gasteiger partial charge on any atom is 0.183 e. The van der Waals surface area contributed by atoms with Crippen molar-refractivity contribution in [1.82, 2.24) is 19.5 Å². The smallest absolute Gasteiger partial charge is 0.183 e. The molecule has 0 radical (unpaired) electrons. The van der Waals surface area contributed by atoms with Crippen LogP contribution in [0.3, 0.4) is 0 Å². The number of anilines is 1. The Morgan fingerprint density at radius 1 is 1.26 bits per heavy atom. The first-order chi connectivity index (χ1) is 9.38. The lowest BCUT2D eigenvalue weighted by atomic mass is 10.1. The summed E-state index contributed by atoms with van der Waals surface area (Å²) >= 11 is 0. The van der Waals surface area contributed by atoms with E-state index >= 15 is 0 Å². The summed E-state index contributed by atoms with van der Waals surface area (Å²) in [5, 5.41) is 9.10. The number of rotatable bonds is 2. The van der Waals surface area contributed by atoms with Crippen LogP contribution in [-0.2, 0) is 0 Å². The van der Waals surface area contributed by atoms with E-state index in [4.69, 9.17) is 5.26 Å². The molecule has 0 aromatic carbocycles. The molecule has 2 aromatic rings. The maximum absolute atomic E-state index is 9.10. The van der Waals surface area contributed by atoms with Gasteiger partial charge < -0.3 is 9.47 Å². The number of nitrogens with zero attached hydrogens (tertiary/aromatic N) is 6. The van der Waals surface area contributed by atoms with Crippen LogP contribution in [0.5, 0.6) is 0 Å². The van der Waals surface area contributed by atoms with Crippen molar-refractivity contribution in [3.8, 4) is 6.07 Å². The molecule has 3 heterocycles. The molecule has 1 saturated heterocycles. The van der Waals surface area contributed by atoms with Crippen molar-refractivity contribution in [2.45, 2.75) is 18.9 Å². The minimum Gasteiger partial charge on any atom is -0.352 e. The molecular weight excluding hydrogens is 240 g/mol. The van der Waals surface area contributed by atoms with Crippen LogP contribution in [0.4, 0.5) is 5.82 Å². The molecule has 96 valence electrons. The van der Waals surface area contributed by atoms with Gasteiger partial charge in [-0.1, -0.05) is 0 Å². The third kappa shape index (κ3) is 2.27. The molecule has 1 aliphatic heterocycles. The second-order valence-corrected chi connectivity index (χ2v) is 4.59. The molecule has 1 atom stereocenters. The van der Waals surface area contributed by atoms with Gasteiger partial charge in [0.2, 0.25) is 0 Å². The summed E-state index contributed by atoms with van der Waals surface area (Å²) in [5.74, 6) is 0.690. The first-order valence-electron chi connectivity index (χ1n) is 6.32. The van der Waals surface area contributed by atoms with Crippen LogP contribution in [0, 0.1) is 11.3 Å². The summed E-state index contributed by atoms with van der Waals surface area (Å²) in [5.41, 5.74) is 0.397. The molecule has 0 saturated carbocycles. The number of imidazole rings is 1. The predicted molar refractivity (Wildman–Crippen MR) is 69.5 cm³/mol. The van der Waals surface area contributed by atoms with Crippen molar-refractivity contribution in [1.29, 1.82) is 5.26 Å². The van der Waals surface area contributed by atoms with E-state index in [2.05, 4.69) is 30.5 Å². The number of piperidine rings is 1. The largest absolute Gasteiger partial charge is 0.352 e. The molecular formula is C13H14N6. The van der Waals surface area contributed by atoms with Crippen LogP contribution in [0.2, 0.25) is 0 Å². The third-order valence-corrected chi connectivity index (χ3v) is 3.43. The van der Waals surface area contributed by atoms with Gasteiger partial charge in [-0.25, -0.2) is 15.0 Å². The standard InChI is InChI=1S/C13H14N6/c14-8-12-13(17-4-3-16-12)18-6-1-2-11(9-18)19-7-5-15-10-19/h3-5,7,10-11H,1-2,6,9H2. The van der Waals surface area contributed by atoms with Crippen LogP contribution in [0.15, 0.2) is 31.1 Å². The van der Waals surface area contributed by atoms with Crippen LogP contribution in [-0.4, -0.2) is 32.6 Å². The van der Waals surface area contributed by atoms with Crippen molar-refractivity contribution in [2.75, 3.05) is 18.0 Å². The van der Waals surface area contributed by atoms with Crippen molar-refractivity contribution in [3.05, 3.63) is 36.8 Å². The summed E-state index contributed by atoms with van der Waals surface area (Å²) in [6.07, 6.45) is 11.0. The van der Waals surface area contributed by atoms with E-state index in [1.165, 1.54) is 0 Å². The van der Waals surface area contributed by atoms with Gasteiger partial charge in [-0.2, -0.15) is 5.26 Å². The van der Waals surface area contributed by atoms with Gasteiger partial charge >= 0.3 is 0 Å². The van der Waals surface area contributed by atoms with Gasteiger partial charge in [-0.3, -0.25) is 0 Å². The lowest BCUT2D eigenvalue weighted by Crippen LogP contribution is -2.37. The topological polar surface area (TPSA) is 70.6 Å². The maximum atomic E-state index is 9.10. The molecule has 0 amide bonds. The zero-order chi connectivity index (χ0) is 13.1. The predicted octanol–water partition coefficient (Wildman–Crippen LogP) is 1.39. The number of nitriles is 1. The van der Waals surface area contributed by atoms with E-state index in [-0.39, 0.29) is 0 Å². The normalized spacial score (nSPS) is 19.1. The van der Waals surface area contributed by atoms with Crippen molar-refractivity contribution >= 4 is 5.82 Å². The summed E-state index contributed by atoms with van der Waals surface area (Å²) in [6, 6.07) is 2.49. The van der Waals surface area contributed by atoms with Gasteiger partial charge in [0.05, 0.1) is 12.4 Å². The highest BCUT2D eigenvalue weighted by Gasteiger charge is 2.23. The molecule has 0 bridgehead atoms. The van der Waals surface area contributed by atoms with Crippen molar-refractivity contribution < 1.29 is 0 Å². The van der Waals surface area contributed by atoms with E-state index in [0.29, 0.717) is 17.6 Å². The van der Waals surface area contributed by atoms with Crippen molar-refractivity contribution in [2.24, 2.45) is 0 Å². The average molecular weight is 254 g/mol.